The lowest BCUT2D eigenvalue weighted by atomic mass is 9.46. The first-order valence-electron chi connectivity index (χ1n) is 12.8. The van der Waals surface area contributed by atoms with Gasteiger partial charge in [0, 0.05) is 6.42 Å². The molecule has 0 aromatic heterocycles. The number of rotatable bonds is 6. The number of fused-ring (bicyclic) bond motifs is 3. The molecule has 3 saturated carbocycles. The molecule has 0 radical (unpaired) electrons. The van der Waals surface area contributed by atoms with Crippen molar-refractivity contribution < 1.29 is 13.2 Å². The molecule has 0 bridgehead atoms. The molecule has 0 aliphatic heterocycles. The summed E-state index contributed by atoms with van der Waals surface area (Å²) in [7, 11) is 0. The molecule has 3 heteroatoms. The molecule has 7 unspecified atom stereocenters. The Labute approximate surface area is 187 Å². The van der Waals surface area contributed by atoms with Gasteiger partial charge in [0.05, 0.1) is 0 Å². The minimum absolute atomic E-state index is 0.142. The van der Waals surface area contributed by atoms with Crippen molar-refractivity contribution in [1.29, 1.82) is 0 Å². The predicted octanol–water partition coefficient (Wildman–Crippen LogP) is 8.85. The highest BCUT2D eigenvalue weighted by Crippen LogP contribution is 2.67. The second-order valence-corrected chi connectivity index (χ2v) is 11.6. The van der Waals surface area contributed by atoms with E-state index in [1.54, 1.807) is 0 Å². The van der Waals surface area contributed by atoms with Crippen LogP contribution in [-0.4, -0.2) is 6.18 Å². The molecule has 3 aliphatic rings. The first kappa shape index (κ1) is 23.2. The zero-order chi connectivity index (χ0) is 22.3. The highest BCUT2D eigenvalue weighted by atomic mass is 19.4. The van der Waals surface area contributed by atoms with Crippen molar-refractivity contribution in [2.45, 2.75) is 97.6 Å². The third kappa shape index (κ3) is 4.44. The Morgan fingerprint density at radius 1 is 0.903 bits per heavy atom. The summed E-state index contributed by atoms with van der Waals surface area (Å²) < 4.78 is 40.2. The summed E-state index contributed by atoms with van der Waals surface area (Å²) in [6.45, 7) is 6.92. The maximum atomic E-state index is 13.4. The highest BCUT2D eigenvalue weighted by Gasteiger charge is 2.59. The fourth-order valence-electron chi connectivity index (χ4n) is 8.65. The largest absolute Gasteiger partial charge is 0.389 e. The van der Waals surface area contributed by atoms with Crippen LogP contribution in [0.25, 0.3) is 0 Å². The molecule has 174 valence electrons. The normalized spacial score (nSPS) is 40.4. The van der Waals surface area contributed by atoms with Crippen molar-refractivity contribution in [2.75, 3.05) is 0 Å². The van der Waals surface area contributed by atoms with Crippen molar-refractivity contribution in [1.82, 2.24) is 0 Å². The van der Waals surface area contributed by atoms with Crippen LogP contribution in [0.2, 0.25) is 0 Å². The SMILES string of the molecule is CCCC1(C)C(CC(F)(F)F)CCC2C3CCC(CCc4ccccc4)C3(C)CCC21. The second-order valence-electron chi connectivity index (χ2n) is 11.6. The third-order valence-electron chi connectivity index (χ3n) is 10.2. The maximum absolute atomic E-state index is 13.4. The van der Waals surface area contributed by atoms with E-state index < -0.39 is 12.6 Å². The summed E-state index contributed by atoms with van der Waals surface area (Å²) in [4.78, 5) is 0. The van der Waals surface area contributed by atoms with Gasteiger partial charge >= 0.3 is 6.18 Å². The maximum Gasteiger partial charge on any atom is 0.389 e. The highest BCUT2D eigenvalue weighted by molar-refractivity contribution is 5.15. The molecule has 0 spiro atoms. The lowest BCUT2D eigenvalue weighted by Crippen LogP contribution is -2.52. The van der Waals surface area contributed by atoms with Crippen LogP contribution in [0.1, 0.15) is 90.5 Å². The van der Waals surface area contributed by atoms with Crippen molar-refractivity contribution in [3.63, 3.8) is 0 Å². The molecule has 7 atom stereocenters. The second kappa shape index (κ2) is 8.75. The Balaban J connectivity index is 1.50. The van der Waals surface area contributed by atoms with Crippen molar-refractivity contribution in [3.8, 4) is 0 Å². The van der Waals surface area contributed by atoms with Crippen molar-refractivity contribution >= 4 is 0 Å². The summed E-state index contributed by atoms with van der Waals surface area (Å²) in [5, 5.41) is 0. The Kier molecular flexibility index (Phi) is 6.54. The Bertz CT molecular complexity index is 726. The van der Waals surface area contributed by atoms with Gasteiger partial charge in [0.25, 0.3) is 0 Å². The van der Waals surface area contributed by atoms with Gasteiger partial charge in [-0.15, -0.1) is 0 Å². The summed E-state index contributed by atoms with van der Waals surface area (Å²) in [6.07, 6.45) is 6.53. The fourth-order valence-corrected chi connectivity index (χ4v) is 8.65. The van der Waals surface area contributed by atoms with Gasteiger partial charge < -0.3 is 0 Å². The van der Waals surface area contributed by atoms with Crippen LogP contribution in [-0.2, 0) is 6.42 Å². The molecule has 1 aromatic rings. The Morgan fingerprint density at radius 2 is 1.61 bits per heavy atom. The van der Waals surface area contributed by atoms with Gasteiger partial charge in [-0.2, -0.15) is 13.2 Å². The smallest absolute Gasteiger partial charge is 0.171 e. The van der Waals surface area contributed by atoms with E-state index in [1.807, 2.05) is 0 Å². The minimum Gasteiger partial charge on any atom is -0.171 e. The van der Waals surface area contributed by atoms with Gasteiger partial charge in [0.15, 0.2) is 0 Å². The van der Waals surface area contributed by atoms with E-state index in [-0.39, 0.29) is 11.3 Å². The zero-order valence-electron chi connectivity index (χ0n) is 19.7. The third-order valence-corrected chi connectivity index (χ3v) is 10.2. The molecule has 4 rings (SSSR count). The molecule has 0 nitrogen and oxygen atoms in total. The van der Waals surface area contributed by atoms with Crippen LogP contribution in [0.4, 0.5) is 13.2 Å². The predicted molar refractivity (Wildman–Crippen MR) is 122 cm³/mol. The zero-order valence-corrected chi connectivity index (χ0v) is 19.7. The van der Waals surface area contributed by atoms with E-state index in [1.165, 1.54) is 31.2 Å². The Hall–Kier alpha value is -0.990. The van der Waals surface area contributed by atoms with Gasteiger partial charge in [-0.25, -0.2) is 0 Å². The minimum atomic E-state index is -4.04. The number of hydrogen-bond acceptors (Lipinski definition) is 0. The van der Waals surface area contributed by atoms with E-state index in [9.17, 15) is 13.2 Å². The van der Waals surface area contributed by atoms with E-state index in [2.05, 4.69) is 51.1 Å². The average Bonchev–Trinajstić information content (AvgIpc) is 3.05. The molecule has 31 heavy (non-hydrogen) atoms. The number of hydrogen-bond donors (Lipinski definition) is 0. The summed E-state index contributed by atoms with van der Waals surface area (Å²) >= 11 is 0. The van der Waals surface area contributed by atoms with Gasteiger partial charge in [0.1, 0.15) is 0 Å². The Morgan fingerprint density at radius 3 is 2.29 bits per heavy atom. The van der Waals surface area contributed by atoms with Crippen LogP contribution in [0.3, 0.4) is 0 Å². The van der Waals surface area contributed by atoms with Crippen LogP contribution in [0, 0.1) is 40.4 Å². The molecule has 0 heterocycles. The molecule has 0 amide bonds. The van der Waals surface area contributed by atoms with E-state index in [0.717, 1.165) is 50.4 Å². The molecule has 3 aliphatic carbocycles. The molecule has 3 fully saturated rings. The molecule has 1 aromatic carbocycles. The number of halogens is 3. The molecular weight excluding hydrogens is 393 g/mol. The average molecular weight is 435 g/mol. The fraction of sp³-hybridized carbons (Fsp3) is 0.786. The van der Waals surface area contributed by atoms with Crippen LogP contribution in [0.5, 0.6) is 0 Å². The number of alkyl halides is 3. The van der Waals surface area contributed by atoms with Gasteiger partial charge in [-0.3, -0.25) is 0 Å². The van der Waals surface area contributed by atoms with Crippen LogP contribution >= 0.6 is 0 Å². The quantitative estimate of drug-likeness (QED) is 0.419. The topological polar surface area (TPSA) is 0 Å². The lowest BCUT2D eigenvalue weighted by molar-refractivity contribution is -0.177. The summed E-state index contributed by atoms with van der Waals surface area (Å²) in [5.74, 6) is 2.42. The van der Waals surface area contributed by atoms with E-state index >= 15 is 0 Å². The van der Waals surface area contributed by atoms with Gasteiger partial charge in [-0.05, 0) is 104 Å². The van der Waals surface area contributed by atoms with Crippen molar-refractivity contribution in [3.05, 3.63) is 35.9 Å². The van der Waals surface area contributed by atoms with Crippen LogP contribution < -0.4 is 0 Å². The van der Waals surface area contributed by atoms with Gasteiger partial charge in [0.2, 0.25) is 0 Å². The van der Waals surface area contributed by atoms with Crippen LogP contribution in [0.15, 0.2) is 30.3 Å². The molecule has 0 saturated heterocycles. The standard InChI is InChI=1S/C28H41F3/c1-4-17-26(2)22(19-28(29,30)31)12-14-23-24-15-13-21(27(24,3)18-16-25(23)26)11-10-20-8-6-5-7-9-20/h5-9,21-25H,4,10-19H2,1-3H3. The summed E-state index contributed by atoms with van der Waals surface area (Å²) in [6, 6.07) is 10.8. The first-order valence-corrected chi connectivity index (χ1v) is 12.8. The van der Waals surface area contributed by atoms with Crippen molar-refractivity contribution in [2.24, 2.45) is 40.4 Å². The monoisotopic (exact) mass is 434 g/mol. The molecular formula is C28H41F3. The summed E-state index contributed by atoms with van der Waals surface area (Å²) in [5.41, 5.74) is 1.68. The number of benzene rings is 1. The van der Waals surface area contributed by atoms with Gasteiger partial charge in [-0.1, -0.05) is 57.5 Å². The first-order chi connectivity index (χ1) is 14.7. The molecule has 0 N–H and O–H groups in total. The van der Waals surface area contributed by atoms with E-state index in [0.29, 0.717) is 17.3 Å². The lowest BCUT2D eigenvalue weighted by Gasteiger charge is -2.59. The number of aryl methyl sites for hydroxylation is 1. The van der Waals surface area contributed by atoms with E-state index in [4.69, 9.17) is 0 Å².